The van der Waals surface area contributed by atoms with E-state index < -0.39 is 11.9 Å². The highest BCUT2D eigenvalue weighted by Crippen LogP contribution is 2.24. The summed E-state index contributed by atoms with van der Waals surface area (Å²) in [6.07, 6.45) is 0. The van der Waals surface area contributed by atoms with Crippen LogP contribution in [0.2, 0.25) is 5.02 Å². The summed E-state index contributed by atoms with van der Waals surface area (Å²) in [7, 11) is 0. The maximum Gasteiger partial charge on any atom is 0.340 e. The van der Waals surface area contributed by atoms with Crippen LogP contribution in [0.1, 0.15) is 53.2 Å². The summed E-state index contributed by atoms with van der Waals surface area (Å²) in [4.78, 5) is 25.1. The third-order valence-electron chi connectivity index (χ3n) is 4.21. The van der Waals surface area contributed by atoms with Crippen molar-refractivity contribution in [2.45, 2.75) is 26.7 Å². The van der Waals surface area contributed by atoms with Crippen molar-refractivity contribution in [2.75, 3.05) is 11.9 Å². The second-order valence-corrected chi connectivity index (χ2v) is 7.02. The molecule has 0 aliphatic carbocycles. The first-order chi connectivity index (χ1) is 13.9. The lowest BCUT2D eigenvalue weighted by molar-refractivity contribution is 0.0527. The quantitative estimate of drug-likeness (QED) is 0.603. The van der Waals surface area contributed by atoms with Crippen LogP contribution in [0, 0.1) is 0 Å². The largest absolute Gasteiger partial charge is 0.462 e. The van der Waals surface area contributed by atoms with Gasteiger partial charge in [0, 0.05) is 5.02 Å². The van der Waals surface area contributed by atoms with E-state index in [-0.39, 0.29) is 23.8 Å². The normalized spacial score (nSPS) is 10.8. The molecule has 3 rings (SSSR count). The fourth-order valence-corrected chi connectivity index (χ4v) is 3.03. The number of nitrogens with one attached hydrogen (secondary N) is 1. The zero-order valence-electron chi connectivity index (χ0n) is 16.3. The number of para-hydroxylation sites is 1. The first-order valence-electron chi connectivity index (χ1n) is 9.21. The van der Waals surface area contributed by atoms with Crippen molar-refractivity contribution >= 4 is 29.2 Å². The van der Waals surface area contributed by atoms with Crippen LogP contribution in [0.15, 0.2) is 48.5 Å². The van der Waals surface area contributed by atoms with Crippen LogP contribution in [0.3, 0.4) is 0 Å². The summed E-state index contributed by atoms with van der Waals surface area (Å²) >= 11 is 5.96. The van der Waals surface area contributed by atoms with Crippen LogP contribution in [-0.2, 0) is 4.74 Å². The third kappa shape index (κ3) is 4.46. The number of esters is 1. The van der Waals surface area contributed by atoms with Crippen molar-refractivity contribution in [3.8, 4) is 5.69 Å². The van der Waals surface area contributed by atoms with Gasteiger partial charge in [0.05, 0.1) is 29.2 Å². The minimum Gasteiger partial charge on any atom is -0.462 e. The van der Waals surface area contributed by atoms with Gasteiger partial charge < -0.3 is 10.1 Å². The summed E-state index contributed by atoms with van der Waals surface area (Å²) in [6.45, 7) is 5.88. The van der Waals surface area contributed by atoms with Crippen LogP contribution in [0.5, 0.6) is 0 Å². The number of hydrogen-bond acceptors (Lipinski definition) is 5. The Morgan fingerprint density at radius 2 is 1.83 bits per heavy atom. The number of benzene rings is 2. The van der Waals surface area contributed by atoms with E-state index in [1.54, 1.807) is 60.1 Å². The predicted octanol–water partition coefficient (Wildman–Crippen LogP) is 4.47. The molecule has 0 aliphatic heterocycles. The zero-order valence-corrected chi connectivity index (χ0v) is 17.1. The number of nitrogens with zero attached hydrogens (tertiary/aromatic N) is 3. The number of aromatic nitrogens is 3. The first-order valence-corrected chi connectivity index (χ1v) is 9.59. The molecule has 1 amide bonds. The highest BCUT2D eigenvalue weighted by atomic mass is 35.5. The Labute approximate surface area is 173 Å². The molecule has 1 heterocycles. The van der Waals surface area contributed by atoms with Gasteiger partial charge in [-0.1, -0.05) is 42.8 Å². The number of anilines is 1. The van der Waals surface area contributed by atoms with Crippen molar-refractivity contribution < 1.29 is 14.3 Å². The summed E-state index contributed by atoms with van der Waals surface area (Å²) in [5.41, 5.74) is 2.22. The average molecular weight is 413 g/mol. The molecule has 7 nitrogen and oxygen atoms in total. The Morgan fingerprint density at radius 1 is 1.14 bits per heavy atom. The molecule has 29 heavy (non-hydrogen) atoms. The van der Waals surface area contributed by atoms with E-state index >= 15 is 0 Å². The monoisotopic (exact) mass is 412 g/mol. The molecule has 3 aromatic rings. The second-order valence-electron chi connectivity index (χ2n) is 6.59. The topological polar surface area (TPSA) is 86.1 Å². The number of hydrogen-bond donors (Lipinski definition) is 1. The molecule has 8 heteroatoms. The molecule has 0 bridgehead atoms. The fourth-order valence-electron chi connectivity index (χ4n) is 2.90. The molecular formula is C21H21ClN4O3. The number of ether oxygens (including phenoxy) is 1. The van der Waals surface area contributed by atoms with Gasteiger partial charge in [-0.3, -0.25) is 4.79 Å². The maximum atomic E-state index is 13.0. The van der Waals surface area contributed by atoms with E-state index in [0.717, 1.165) is 5.69 Å². The van der Waals surface area contributed by atoms with Gasteiger partial charge in [0.2, 0.25) is 0 Å². The number of carbonyl (C=O) groups is 2. The molecule has 2 aromatic carbocycles. The van der Waals surface area contributed by atoms with E-state index in [1.807, 2.05) is 13.8 Å². The second kappa shape index (κ2) is 8.87. The smallest absolute Gasteiger partial charge is 0.340 e. The predicted molar refractivity (Wildman–Crippen MR) is 111 cm³/mol. The van der Waals surface area contributed by atoms with Crippen LogP contribution in [0.4, 0.5) is 5.69 Å². The molecule has 0 atom stereocenters. The van der Waals surface area contributed by atoms with E-state index in [1.165, 1.54) is 0 Å². The number of rotatable bonds is 6. The SMILES string of the molecule is CCOC(=O)c1ccccc1NC(=O)c1nnn(-c2ccc(Cl)cc2)c1C(C)C. The van der Waals surface area contributed by atoms with Gasteiger partial charge >= 0.3 is 5.97 Å². The van der Waals surface area contributed by atoms with E-state index in [4.69, 9.17) is 16.3 Å². The van der Waals surface area contributed by atoms with Crippen molar-refractivity contribution in [3.05, 3.63) is 70.5 Å². The van der Waals surface area contributed by atoms with Gasteiger partial charge in [-0.25, -0.2) is 9.48 Å². The van der Waals surface area contributed by atoms with E-state index in [2.05, 4.69) is 15.6 Å². The molecule has 0 aliphatic rings. The minimum absolute atomic E-state index is 0.0262. The highest BCUT2D eigenvalue weighted by molar-refractivity contribution is 6.30. The number of carbonyl (C=O) groups excluding carboxylic acids is 2. The lowest BCUT2D eigenvalue weighted by Gasteiger charge is -2.12. The minimum atomic E-state index is -0.502. The summed E-state index contributed by atoms with van der Waals surface area (Å²) < 4.78 is 6.67. The molecule has 150 valence electrons. The van der Waals surface area contributed by atoms with Crippen molar-refractivity contribution in [2.24, 2.45) is 0 Å². The Balaban J connectivity index is 1.95. The molecule has 1 aromatic heterocycles. The summed E-state index contributed by atoms with van der Waals surface area (Å²) in [5, 5.41) is 11.6. The molecule has 0 radical (unpaired) electrons. The Morgan fingerprint density at radius 3 is 2.48 bits per heavy atom. The van der Waals surface area contributed by atoms with Crippen LogP contribution in [-0.4, -0.2) is 33.5 Å². The van der Waals surface area contributed by atoms with E-state index in [0.29, 0.717) is 16.4 Å². The van der Waals surface area contributed by atoms with Gasteiger partial charge in [0.25, 0.3) is 5.91 Å². The zero-order chi connectivity index (χ0) is 21.0. The maximum absolute atomic E-state index is 13.0. The first kappa shape index (κ1) is 20.5. The standard InChI is InChI=1S/C21H21ClN4O3/c1-4-29-21(28)16-7-5-6-8-17(16)23-20(27)18-19(13(2)3)26(25-24-18)15-11-9-14(22)10-12-15/h5-13H,4H2,1-3H3,(H,23,27). The van der Waals surface area contributed by atoms with Gasteiger partial charge in [0.1, 0.15) is 0 Å². The molecule has 0 saturated carbocycles. The number of halogens is 1. The molecule has 0 unspecified atom stereocenters. The third-order valence-corrected chi connectivity index (χ3v) is 4.46. The van der Waals surface area contributed by atoms with Crippen LogP contribution < -0.4 is 5.32 Å². The lowest BCUT2D eigenvalue weighted by Crippen LogP contribution is -2.18. The van der Waals surface area contributed by atoms with Crippen molar-refractivity contribution in [1.82, 2.24) is 15.0 Å². The van der Waals surface area contributed by atoms with Gasteiger partial charge in [-0.05, 0) is 49.2 Å². The summed E-state index contributed by atoms with van der Waals surface area (Å²) in [5.74, 6) is -0.982. The van der Waals surface area contributed by atoms with Gasteiger partial charge in [0.15, 0.2) is 5.69 Å². The number of amides is 1. The molecule has 1 N–H and O–H groups in total. The Hall–Kier alpha value is -3.19. The lowest BCUT2D eigenvalue weighted by atomic mass is 10.1. The molecule has 0 fully saturated rings. The van der Waals surface area contributed by atoms with Crippen LogP contribution in [0.25, 0.3) is 5.69 Å². The highest BCUT2D eigenvalue weighted by Gasteiger charge is 2.24. The van der Waals surface area contributed by atoms with Crippen LogP contribution >= 0.6 is 11.6 Å². The fraction of sp³-hybridized carbons (Fsp3) is 0.238. The Kier molecular flexibility index (Phi) is 6.29. The molecule has 0 saturated heterocycles. The molecule has 0 spiro atoms. The van der Waals surface area contributed by atoms with Crippen molar-refractivity contribution in [3.63, 3.8) is 0 Å². The van der Waals surface area contributed by atoms with E-state index in [9.17, 15) is 9.59 Å². The van der Waals surface area contributed by atoms with Crippen molar-refractivity contribution in [1.29, 1.82) is 0 Å². The average Bonchev–Trinajstić information content (AvgIpc) is 3.15. The Bertz CT molecular complexity index is 1030. The summed E-state index contributed by atoms with van der Waals surface area (Å²) in [6, 6.07) is 13.8. The van der Waals surface area contributed by atoms with Gasteiger partial charge in [-0.15, -0.1) is 5.10 Å². The molecular weight excluding hydrogens is 392 g/mol. The van der Waals surface area contributed by atoms with Gasteiger partial charge in [-0.2, -0.15) is 0 Å².